The van der Waals surface area contributed by atoms with Crippen LogP contribution in [0.3, 0.4) is 0 Å². The van der Waals surface area contributed by atoms with Crippen LogP contribution in [0.5, 0.6) is 0 Å². The van der Waals surface area contributed by atoms with Crippen molar-refractivity contribution in [2.24, 2.45) is 0 Å². The lowest BCUT2D eigenvalue weighted by Gasteiger charge is -2.15. The van der Waals surface area contributed by atoms with E-state index < -0.39 is 8.07 Å². The quantitative estimate of drug-likeness (QED) is 0.419. The summed E-state index contributed by atoms with van der Waals surface area (Å²) in [6, 6.07) is 4.33. The monoisotopic (exact) mass is 428 g/mol. The molecule has 0 unspecified atom stereocenters. The van der Waals surface area contributed by atoms with E-state index in [1.54, 1.807) is 6.07 Å². The zero-order valence-electron chi connectivity index (χ0n) is 13.7. The minimum atomic E-state index is -1.14. The van der Waals surface area contributed by atoms with Crippen molar-refractivity contribution in [1.82, 2.24) is 20.0 Å². The largest absolute Gasteiger partial charge is 0.359 e. The van der Waals surface area contributed by atoms with Gasteiger partial charge in [-0.05, 0) is 34.1 Å². The summed E-state index contributed by atoms with van der Waals surface area (Å²) >= 11 is 4.76. The average Bonchev–Trinajstić information content (AvgIpc) is 3.09. The third-order valence-corrected chi connectivity index (χ3v) is 6.80. The summed E-state index contributed by atoms with van der Waals surface area (Å²) in [7, 11) is -1.14. The topological polar surface area (TPSA) is 52.8 Å². The molecule has 0 saturated carbocycles. The molecule has 3 rings (SSSR count). The van der Waals surface area contributed by atoms with Crippen molar-refractivity contribution >= 4 is 46.4 Å². The summed E-state index contributed by atoms with van der Waals surface area (Å²) in [5, 5.41) is 10.7. The Kier molecular flexibility index (Phi) is 5.14. The van der Waals surface area contributed by atoms with Crippen LogP contribution in [0.25, 0.3) is 21.6 Å². The third-order valence-electron chi connectivity index (χ3n) is 3.49. The molecular formula is C15H18BrFN4OSSi. The molecule has 2 heterocycles. The van der Waals surface area contributed by atoms with Crippen LogP contribution < -0.4 is 0 Å². The normalized spacial score (nSPS) is 12.2. The lowest BCUT2D eigenvalue weighted by Crippen LogP contribution is -2.22. The Balaban J connectivity index is 1.79. The summed E-state index contributed by atoms with van der Waals surface area (Å²) < 4.78 is 22.4. The molecule has 0 atom stereocenters. The zero-order chi connectivity index (χ0) is 17.3. The van der Waals surface area contributed by atoms with E-state index in [4.69, 9.17) is 4.74 Å². The van der Waals surface area contributed by atoms with Gasteiger partial charge in [0.2, 0.25) is 0 Å². The number of hydrogen-bond donors (Lipinski definition) is 0. The predicted molar refractivity (Wildman–Crippen MR) is 100 cm³/mol. The van der Waals surface area contributed by atoms with E-state index in [0.717, 1.165) is 15.7 Å². The lowest BCUT2D eigenvalue weighted by atomic mass is 10.2. The second-order valence-electron chi connectivity index (χ2n) is 6.74. The number of thiazole rings is 1. The Morgan fingerprint density at radius 1 is 1.33 bits per heavy atom. The fourth-order valence-electron chi connectivity index (χ4n) is 2.19. The summed E-state index contributed by atoms with van der Waals surface area (Å²) in [6.45, 7) is 7.74. The van der Waals surface area contributed by atoms with Crippen LogP contribution in [0.15, 0.2) is 22.1 Å². The van der Waals surface area contributed by atoms with Gasteiger partial charge in [0.15, 0.2) is 5.82 Å². The first-order valence-electron chi connectivity index (χ1n) is 7.55. The minimum absolute atomic E-state index is 0.208. The van der Waals surface area contributed by atoms with Crippen LogP contribution in [0.4, 0.5) is 4.39 Å². The number of fused-ring (bicyclic) bond motifs is 1. The smallest absolute Gasteiger partial charge is 0.151 e. The fourth-order valence-corrected chi connectivity index (χ4v) is 4.19. The molecule has 24 heavy (non-hydrogen) atoms. The highest BCUT2D eigenvalue weighted by molar-refractivity contribution is 9.10. The predicted octanol–water partition coefficient (Wildman–Crippen LogP) is 4.77. The number of halogens is 2. The number of rotatable bonds is 6. The molecule has 0 aliphatic heterocycles. The second kappa shape index (κ2) is 6.99. The Labute approximate surface area is 153 Å². The molecule has 0 amide bonds. The van der Waals surface area contributed by atoms with Gasteiger partial charge >= 0.3 is 0 Å². The van der Waals surface area contributed by atoms with Gasteiger partial charge in [0, 0.05) is 25.6 Å². The van der Waals surface area contributed by atoms with Crippen molar-refractivity contribution in [1.29, 1.82) is 0 Å². The van der Waals surface area contributed by atoms with Crippen molar-refractivity contribution in [3.05, 3.63) is 27.9 Å². The lowest BCUT2D eigenvalue weighted by molar-refractivity contribution is 0.0799. The van der Waals surface area contributed by atoms with Crippen LogP contribution in [0.1, 0.15) is 0 Å². The first-order valence-corrected chi connectivity index (χ1v) is 12.9. The number of aromatic nitrogens is 4. The molecule has 1 aromatic carbocycles. The van der Waals surface area contributed by atoms with Crippen molar-refractivity contribution in [2.75, 3.05) is 6.61 Å². The number of hydrogen-bond acceptors (Lipinski definition) is 5. The number of benzene rings is 1. The molecular weight excluding hydrogens is 411 g/mol. The van der Waals surface area contributed by atoms with Gasteiger partial charge in [0.25, 0.3) is 0 Å². The standard InChI is InChI=1S/C15H18BrFN4OSSi/c1-24(2,3)5-4-22-9-21-14-11(17)6-10(7-12(14)19-20-21)15-18-13(16)8-23-15/h6-8H,4-5,9H2,1-3H3. The molecule has 0 aliphatic carbocycles. The van der Waals surface area contributed by atoms with Gasteiger partial charge in [-0.25, -0.2) is 14.1 Å². The molecule has 0 N–H and O–H groups in total. The number of ether oxygens (including phenoxy) is 1. The van der Waals surface area contributed by atoms with Crippen LogP contribution in [0, 0.1) is 5.82 Å². The van der Waals surface area contributed by atoms with Crippen molar-refractivity contribution in [3.63, 3.8) is 0 Å². The van der Waals surface area contributed by atoms with Crippen molar-refractivity contribution in [2.45, 2.75) is 32.4 Å². The molecule has 128 valence electrons. The fraction of sp³-hybridized carbons (Fsp3) is 0.400. The van der Waals surface area contributed by atoms with Crippen molar-refractivity contribution < 1.29 is 9.13 Å². The van der Waals surface area contributed by atoms with Gasteiger partial charge in [-0.15, -0.1) is 16.4 Å². The van der Waals surface area contributed by atoms with Crippen LogP contribution in [0.2, 0.25) is 25.7 Å². The molecule has 2 aromatic heterocycles. The van der Waals surface area contributed by atoms with Gasteiger partial charge in [0.05, 0.1) is 0 Å². The Morgan fingerprint density at radius 2 is 2.12 bits per heavy atom. The summed E-state index contributed by atoms with van der Waals surface area (Å²) in [6.07, 6.45) is 0. The maximum Gasteiger partial charge on any atom is 0.151 e. The van der Waals surface area contributed by atoms with E-state index in [1.165, 1.54) is 22.1 Å². The van der Waals surface area contributed by atoms with Gasteiger partial charge in [-0.2, -0.15) is 0 Å². The molecule has 0 spiro atoms. The Hall–Kier alpha value is -1.16. The van der Waals surface area contributed by atoms with E-state index >= 15 is 0 Å². The van der Waals surface area contributed by atoms with E-state index in [2.05, 4.69) is 50.9 Å². The highest BCUT2D eigenvalue weighted by Gasteiger charge is 2.15. The van der Waals surface area contributed by atoms with Gasteiger partial charge in [-0.1, -0.05) is 24.9 Å². The molecule has 0 bridgehead atoms. The SMILES string of the molecule is C[Si](C)(C)CCOCn1nnc2cc(-c3nc(Br)cs3)cc(F)c21. The highest BCUT2D eigenvalue weighted by atomic mass is 79.9. The first-order chi connectivity index (χ1) is 11.3. The molecule has 9 heteroatoms. The summed E-state index contributed by atoms with van der Waals surface area (Å²) in [5.74, 6) is -0.368. The van der Waals surface area contributed by atoms with Crippen molar-refractivity contribution in [3.8, 4) is 10.6 Å². The third kappa shape index (κ3) is 4.08. The van der Waals surface area contributed by atoms with E-state index in [-0.39, 0.29) is 12.5 Å². The van der Waals surface area contributed by atoms with E-state index in [1.807, 2.05) is 5.38 Å². The maximum atomic E-state index is 14.5. The molecule has 0 saturated heterocycles. The van der Waals surface area contributed by atoms with E-state index in [0.29, 0.717) is 23.2 Å². The Bertz CT molecular complexity index is 861. The van der Waals surface area contributed by atoms with Gasteiger partial charge < -0.3 is 4.74 Å². The first kappa shape index (κ1) is 17.7. The highest BCUT2D eigenvalue weighted by Crippen LogP contribution is 2.29. The maximum absolute atomic E-state index is 14.5. The molecule has 3 aromatic rings. The average molecular weight is 429 g/mol. The number of nitrogens with zero attached hydrogens (tertiary/aromatic N) is 4. The summed E-state index contributed by atoms with van der Waals surface area (Å²) in [5.41, 5.74) is 1.56. The van der Waals surface area contributed by atoms with Crippen LogP contribution >= 0.6 is 27.3 Å². The minimum Gasteiger partial charge on any atom is -0.359 e. The summed E-state index contributed by atoms with van der Waals surface area (Å²) in [4.78, 5) is 4.31. The molecule has 5 nitrogen and oxygen atoms in total. The Morgan fingerprint density at radius 3 is 2.79 bits per heavy atom. The zero-order valence-corrected chi connectivity index (χ0v) is 17.1. The van der Waals surface area contributed by atoms with Gasteiger partial charge in [-0.3, -0.25) is 0 Å². The molecule has 0 aliphatic rings. The second-order valence-corrected chi connectivity index (χ2v) is 14.0. The van der Waals surface area contributed by atoms with E-state index in [9.17, 15) is 4.39 Å². The van der Waals surface area contributed by atoms with Crippen LogP contribution in [-0.4, -0.2) is 34.7 Å². The molecule has 0 radical (unpaired) electrons. The van der Waals surface area contributed by atoms with Gasteiger partial charge in [0.1, 0.15) is 27.4 Å². The molecule has 0 fully saturated rings. The van der Waals surface area contributed by atoms with Crippen LogP contribution in [-0.2, 0) is 11.5 Å².